The maximum atomic E-state index is 4.02. The van der Waals surface area contributed by atoms with Gasteiger partial charge in [0, 0.05) is 25.6 Å². The number of hydrogen-bond acceptors (Lipinski definition) is 5. The first-order chi connectivity index (χ1) is 8.51. The third-order valence-electron chi connectivity index (χ3n) is 4.37. The highest BCUT2D eigenvalue weighted by Gasteiger charge is 2.31. The number of piperidine rings is 1. The third-order valence-corrected chi connectivity index (χ3v) is 4.37. The Kier molecular flexibility index (Phi) is 3.97. The van der Waals surface area contributed by atoms with Crippen LogP contribution in [-0.2, 0) is 13.5 Å². The Morgan fingerprint density at radius 1 is 1.28 bits per heavy atom. The van der Waals surface area contributed by atoms with Gasteiger partial charge in [0.15, 0.2) is 5.82 Å². The lowest BCUT2D eigenvalue weighted by atomic mass is 9.88. The fourth-order valence-corrected chi connectivity index (χ4v) is 2.42. The van der Waals surface area contributed by atoms with Crippen molar-refractivity contribution in [2.75, 3.05) is 33.7 Å². The fourth-order valence-electron chi connectivity index (χ4n) is 2.42. The van der Waals surface area contributed by atoms with Gasteiger partial charge in [-0.2, -0.15) is 0 Å². The van der Waals surface area contributed by atoms with Crippen molar-refractivity contribution in [3.8, 4) is 0 Å². The molecule has 0 aromatic carbocycles. The molecule has 1 aromatic heterocycles. The van der Waals surface area contributed by atoms with Crippen LogP contribution in [0.25, 0.3) is 0 Å². The van der Waals surface area contributed by atoms with Gasteiger partial charge in [-0.3, -0.25) is 0 Å². The summed E-state index contributed by atoms with van der Waals surface area (Å²) in [6, 6.07) is 0. The predicted octanol–water partition coefficient (Wildman–Crippen LogP) is 0.169. The molecule has 1 saturated heterocycles. The van der Waals surface area contributed by atoms with Crippen molar-refractivity contribution in [2.24, 2.45) is 7.05 Å². The average Bonchev–Trinajstić information content (AvgIpc) is 2.74. The van der Waals surface area contributed by atoms with Crippen LogP contribution in [0.5, 0.6) is 0 Å². The van der Waals surface area contributed by atoms with Gasteiger partial charge < -0.3 is 9.80 Å². The summed E-state index contributed by atoms with van der Waals surface area (Å²) >= 11 is 0. The van der Waals surface area contributed by atoms with Crippen molar-refractivity contribution in [3.05, 3.63) is 5.82 Å². The molecule has 0 radical (unpaired) electrons. The standard InChI is InChI=1S/C12H24N6/c1-12(16(2)3)6-9-18(10-7-12)8-5-11-13-14-15-17(11)4/h5-10H2,1-4H3. The number of aromatic nitrogens is 4. The molecule has 6 nitrogen and oxygen atoms in total. The summed E-state index contributed by atoms with van der Waals surface area (Å²) in [5, 5.41) is 11.6. The van der Waals surface area contributed by atoms with Gasteiger partial charge in [0.05, 0.1) is 0 Å². The van der Waals surface area contributed by atoms with Crippen LogP contribution in [0, 0.1) is 0 Å². The van der Waals surface area contributed by atoms with Crippen molar-refractivity contribution >= 4 is 0 Å². The lowest BCUT2D eigenvalue weighted by Gasteiger charge is -2.43. The second-order valence-corrected chi connectivity index (χ2v) is 5.70. The van der Waals surface area contributed by atoms with Gasteiger partial charge in [0.25, 0.3) is 0 Å². The van der Waals surface area contributed by atoms with Crippen LogP contribution in [0.2, 0.25) is 0 Å². The molecule has 18 heavy (non-hydrogen) atoms. The largest absolute Gasteiger partial charge is 0.304 e. The molecule has 2 heterocycles. The van der Waals surface area contributed by atoms with E-state index in [4.69, 9.17) is 0 Å². The number of likely N-dealkylation sites (tertiary alicyclic amines) is 1. The highest BCUT2D eigenvalue weighted by Crippen LogP contribution is 2.26. The fraction of sp³-hybridized carbons (Fsp3) is 0.917. The Hall–Kier alpha value is -1.01. The average molecular weight is 252 g/mol. The molecule has 1 aliphatic rings. The van der Waals surface area contributed by atoms with E-state index in [1.807, 2.05) is 7.05 Å². The summed E-state index contributed by atoms with van der Waals surface area (Å²) in [6.45, 7) is 5.74. The molecule has 2 rings (SSSR count). The van der Waals surface area contributed by atoms with Crippen LogP contribution in [0.4, 0.5) is 0 Å². The number of rotatable bonds is 4. The zero-order chi connectivity index (χ0) is 13.2. The van der Waals surface area contributed by atoms with Crippen molar-refractivity contribution in [1.82, 2.24) is 30.0 Å². The van der Waals surface area contributed by atoms with Crippen molar-refractivity contribution in [2.45, 2.75) is 31.7 Å². The minimum atomic E-state index is 0.364. The first kappa shape index (κ1) is 13.4. The zero-order valence-electron chi connectivity index (χ0n) is 11.9. The Morgan fingerprint density at radius 2 is 1.94 bits per heavy atom. The highest BCUT2D eigenvalue weighted by atomic mass is 15.5. The zero-order valence-corrected chi connectivity index (χ0v) is 11.9. The maximum Gasteiger partial charge on any atom is 0.152 e. The van der Waals surface area contributed by atoms with E-state index in [2.05, 4.69) is 46.3 Å². The molecule has 0 unspecified atom stereocenters. The predicted molar refractivity (Wildman–Crippen MR) is 70.3 cm³/mol. The molecule has 102 valence electrons. The highest BCUT2D eigenvalue weighted by molar-refractivity contribution is 4.90. The van der Waals surface area contributed by atoms with Crippen LogP contribution in [-0.4, -0.2) is 69.3 Å². The minimum Gasteiger partial charge on any atom is -0.304 e. The van der Waals surface area contributed by atoms with Crippen molar-refractivity contribution in [3.63, 3.8) is 0 Å². The van der Waals surface area contributed by atoms with Crippen molar-refractivity contribution < 1.29 is 0 Å². The van der Waals surface area contributed by atoms with Crippen LogP contribution in [0.1, 0.15) is 25.6 Å². The van der Waals surface area contributed by atoms with E-state index in [1.165, 1.54) is 25.9 Å². The molecular formula is C12H24N6. The molecule has 0 amide bonds. The number of aryl methyl sites for hydroxylation is 1. The molecule has 0 spiro atoms. The van der Waals surface area contributed by atoms with E-state index >= 15 is 0 Å². The van der Waals surface area contributed by atoms with Gasteiger partial charge in [-0.05, 0) is 57.4 Å². The summed E-state index contributed by atoms with van der Waals surface area (Å²) in [5.41, 5.74) is 0.364. The van der Waals surface area contributed by atoms with E-state index in [-0.39, 0.29) is 0 Å². The first-order valence-corrected chi connectivity index (χ1v) is 6.62. The summed E-state index contributed by atoms with van der Waals surface area (Å²) in [7, 11) is 6.26. The summed E-state index contributed by atoms with van der Waals surface area (Å²) in [4.78, 5) is 4.87. The van der Waals surface area contributed by atoms with Gasteiger partial charge in [-0.25, -0.2) is 4.68 Å². The molecular weight excluding hydrogens is 228 g/mol. The van der Waals surface area contributed by atoms with E-state index in [1.54, 1.807) is 4.68 Å². The van der Waals surface area contributed by atoms with Crippen LogP contribution in [0.3, 0.4) is 0 Å². The minimum absolute atomic E-state index is 0.364. The van der Waals surface area contributed by atoms with Gasteiger partial charge in [0.2, 0.25) is 0 Å². The maximum absolute atomic E-state index is 4.02. The molecule has 6 heteroatoms. The SMILES string of the molecule is CN(C)C1(C)CCN(CCc2nnnn2C)CC1. The Balaban J connectivity index is 1.79. The lowest BCUT2D eigenvalue weighted by Crippen LogP contribution is -2.50. The summed E-state index contributed by atoms with van der Waals surface area (Å²) in [6.07, 6.45) is 3.40. The molecule has 0 atom stereocenters. The molecule has 1 aliphatic heterocycles. The quantitative estimate of drug-likeness (QED) is 0.764. The lowest BCUT2D eigenvalue weighted by molar-refractivity contribution is 0.0713. The summed E-state index contributed by atoms with van der Waals surface area (Å²) in [5.74, 6) is 0.968. The van der Waals surface area contributed by atoms with Crippen LogP contribution < -0.4 is 0 Å². The normalized spacial score (nSPS) is 20.5. The second-order valence-electron chi connectivity index (χ2n) is 5.70. The van der Waals surface area contributed by atoms with Gasteiger partial charge in [-0.1, -0.05) is 0 Å². The second kappa shape index (κ2) is 5.32. The number of tetrazole rings is 1. The molecule has 0 bridgehead atoms. The molecule has 0 saturated carbocycles. The molecule has 0 N–H and O–H groups in total. The van der Waals surface area contributed by atoms with Gasteiger partial charge in [-0.15, -0.1) is 5.10 Å². The van der Waals surface area contributed by atoms with E-state index < -0.39 is 0 Å². The molecule has 1 fully saturated rings. The van der Waals surface area contributed by atoms with E-state index in [0.29, 0.717) is 5.54 Å². The Morgan fingerprint density at radius 3 is 2.44 bits per heavy atom. The van der Waals surface area contributed by atoms with Crippen molar-refractivity contribution in [1.29, 1.82) is 0 Å². The van der Waals surface area contributed by atoms with E-state index in [9.17, 15) is 0 Å². The summed E-state index contributed by atoms with van der Waals surface area (Å²) < 4.78 is 1.76. The molecule has 0 aliphatic carbocycles. The smallest absolute Gasteiger partial charge is 0.152 e. The third kappa shape index (κ3) is 2.87. The Labute approximate surface area is 109 Å². The number of nitrogens with zero attached hydrogens (tertiary/aromatic N) is 6. The van der Waals surface area contributed by atoms with Gasteiger partial charge in [0.1, 0.15) is 0 Å². The first-order valence-electron chi connectivity index (χ1n) is 6.62. The van der Waals surface area contributed by atoms with E-state index in [0.717, 1.165) is 18.8 Å². The number of hydrogen-bond donors (Lipinski definition) is 0. The van der Waals surface area contributed by atoms with Crippen LogP contribution >= 0.6 is 0 Å². The monoisotopic (exact) mass is 252 g/mol. The van der Waals surface area contributed by atoms with Crippen LogP contribution in [0.15, 0.2) is 0 Å². The molecule has 1 aromatic rings. The van der Waals surface area contributed by atoms with Gasteiger partial charge >= 0.3 is 0 Å². The topological polar surface area (TPSA) is 50.1 Å². The Bertz CT molecular complexity index is 378.